The Morgan fingerprint density at radius 2 is 2.00 bits per heavy atom. The highest BCUT2D eigenvalue weighted by atomic mass is 127. The third-order valence-corrected chi connectivity index (χ3v) is 3.88. The maximum absolute atomic E-state index is 5.11. The van der Waals surface area contributed by atoms with E-state index < -0.39 is 0 Å². The fourth-order valence-corrected chi connectivity index (χ4v) is 2.65. The van der Waals surface area contributed by atoms with Crippen molar-refractivity contribution >= 4 is 41.3 Å². The fraction of sp³-hybridized carbons (Fsp3) is 0.333. The van der Waals surface area contributed by atoms with Crippen molar-refractivity contribution in [1.29, 1.82) is 0 Å². The number of nitrogens with one attached hydrogen (secondary N) is 2. The van der Waals surface area contributed by atoms with E-state index in [0.717, 1.165) is 18.2 Å². The zero-order valence-electron chi connectivity index (χ0n) is 12.9. The lowest BCUT2D eigenvalue weighted by molar-refractivity contribution is 0.396. The van der Waals surface area contributed by atoms with Crippen LogP contribution in [0.15, 0.2) is 35.3 Å². The summed E-state index contributed by atoms with van der Waals surface area (Å²) in [6, 6.07) is 9.95. The zero-order valence-corrected chi connectivity index (χ0v) is 16.1. The molecule has 0 unspecified atom stereocenters. The van der Waals surface area contributed by atoms with Gasteiger partial charge >= 0.3 is 0 Å². The molecule has 0 spiro atoms. The average molecular weight is 432 g/mol. The van der Waals surface area contributed by atoms with E-state index in [9.17, 15) is 0 Å². The summed E-state index contributed by atoms with van der Waals surface area (Å²) >= 11 is 1.79. The zero-order chi connectivity index (χ0) is 15.1. The first kappa shape index (κ1) is 18.7. The molecular formula is C15H21IN4OS. The number of hydrogen-bond donors (Lipinski definition) is 2. The van der Waals surface area contributed by atoms with Crippen molar-refractivity contribution < 1.29 is 4.74 Å². The standard InChI is InChI=1S/C15H20N4OS.HI/c1-11-7-8-13(21-11)10-18-15(16-2)17-9-12-5-4-6-14(19-12)20-3;/h4-8H,9-10H2,1-3H3,(H2,16,17,18);1H. The van der Waals surface area contributed by atoms with Gasteiger partial charge in [-0.05, 0) is 25.1 Å². The molecule has 0 aliphatic rings. The van der Waals surface area contributed by atoms with E-state index in [0.29, 0.717) is 12.4 Å². The molecule has 0 saturated heterocycles. The molecule has 0 saturated carbocycles. The topological polar surface area (TPSA) is 58.5 Å². The maximum Gasteiger partial charge on any atom is 0.213 e. The Morgan fingerprint density at radius 1 is 1.23 bits per heavy atom. The number of halogens is 1. The summed E-state index contributed by atoms with van der Waals surface area (Å²) in [5, 5.41) is 6.53. The smallest absolute Gasteiger partial charge is 0.213 e. The fourth-order valence-electron chi connectivity index (χ4n) is 1.82. The summed E-state index contributed by atoms with van der Waals surface area (Å²) < 4.78 is 5.11. The molecule has 2 N–H and O–H groups in total. The molecule has 2 aromatic rings. The number of nitrogens with zero attached hydrogens (tertiary/aromatic N) is 2. The molecular weight excluding hydrogens is 411 g/mol. The normalized spacial score (nSPS) is 10.8. The Morgan fingerprint density at radius 3 is 2.64 bits per heavy atom. The quantitative estimate of drug-likeness (QED) is 0.434. The van der Waals surface area contributed by atoms with Gasteiger partial charge in [0.2, 0.25) is 5.88 Å². The minimum absolute atomic E-state index is 0. The van der Waals surface area contributed by atoms with Crippen molar-refractivity contribution in [3.05, 3.63) is 45.8 Å². The maximum atomic E-state index is 5.11. The molecule has 22 heavy (non-hydrogen) atoms. The Hall–Kier alpha value is -1.35. The van der Waals surface area contributed by atoms with Gasteiger partial charge in [0.25, 0.3) is 0 Å². The van der Waals surface area contributed by atoms with Gasteiger partial charge in [0.05, 0.1) is 25.9 Å². The van der Waals surface area contributed by atoms with Crippen molar-refractivity contribution in [2.24, 2.45) is 4.99 Å². The van der Waals surface area contributed by atoms with Gasteiger partial charge < -0.3 is 15.4 Å². The Bertz CT molecular complexity index is 615. The van der Waals surface area contributed by atoms with Gasteiger partial charge in [-0.3, -0.25) is 4.99 Å². The molecule has 0 aliphatic carbocycles. The monoisotopic (exact) mass is 432 g/mol. The van der Waals surface area contributed by atoms with E-state index in [4.69, 9.17) is 4.74 Å². The van der Waals surface area contributed by atoms with Crippen LogP contribution in [-0.4, -0.2) is 25.1 Å². The molecule has 2 aromatic heterocycles. The summed E-state index contributed by atoms with van der Waals surface area (Å²) in [7, 11) is 3.37. The number of aromatic nitrogens is 1. The van der Waals surface area contributed by atoms with Crippen LogP contribution in [0, 0.1) is 6.92 Å². The van der Waals surface area contributed by atoms with Gasteiger partial charge in [-0.2, -0.15) is 0 Å². The number of ether oxygens (including phenoxy) is 1. The molecule has 0 amide bonds. The van der Waals surface area contributed by atoms with Gasteiger partial charge in [-0.1, -0.05) is 6.07 Å². The summed E-state index contributed by atoms with van der Waals surface area (Å²) in [5.41, 5.74) is 0.907. The van der Waals surface area contributed by atoms with E-state index in [1.165, 1.54) is 9.75 Å². The molecule has 0 fully saturated rings. The largest absolute Gasteiger partial charge is 0.481 e. The Balaban J connectivity index is 0.00000242. The van der Waals surface area contributed by atoms with Crippen LogP contribution in [0.1, 0.15) is 15.4 Å². The summed E-state index contributed by atoms with van der Waals surface area (Å²) in [6.07, 6.45) is 0. The van der Waals surface area contributed by atoms with Crippen LogP contribution in [0.5, 0.6) is 5.88 Å². The molecule has 0 radical (unpaired) electrons. The van der Waals surface area contributed by atoms with Crippen molar-refractivity contribution in [3.8, 4) is 5.88 Å². The predicted molar refractivity (Wildman–Crippen MR) is 102 cm³/mol. The van der Waals surface area contributed by atoms with Gasteiger partial charge in [0.15, 0.2) is 5.96 Å². The van der Waals surface area contributed by atoms with Crippen LogP contribution >= 0.6 is 35.3 Å². The lowest BCUT2D eigenvalue weighted by atomic mass is 10.3. The molecule has 0 atom stereocenters. The highest BCUT2D eigenvalue weighted by molar-refractivity contribution is 14.0. The lowest BCUT2D eigenvalue weighted by Gasteiger charge is -2.11. The lowest BCUT2D eigenvalue weighted by Crippen LogP contribution is -2.36. The minimum atomic E-state index is 0. The number of thiophene rings is 1. The second kappa shape index (κ2) is 9.62. The van der Waals surface area contributed by atoms with Crippen LogP contribution in [0.25, 0.3) is 0 Å². The Kier molecular flexibility index (Phi) is 8.18. The van der Waals surface area contributed by atoms with Crippen LogP contribution in [0.2, 0.25) is 0 Å². The second-order valence-electron chi connectivity index (χ2n) is 4.46. The number of methoxy groups -OCH3 is 1. The van der Waals surface area contributed by atoms with Gasteiger partial charge in [0.1, 0.15) is 0 Å². The molecule has 0 aromatic carbocycles. The third-order valence-electron chi connectivity index (χ3n) is 2.88. The Labute approximate surface area is 152 Å². The third kappa shape index (κ3) is 5.80. The summed E-state index contributed by atoms with van der Waals surface area (Å²) in [5.74, 6) is 1.37. The van der Waals surface area contributed by atoms with Crippen molar-refractivity contribution in [3.63, 3.8) is 0 Å². The number of rotatable bonds is 5. The number of guanidine groups is 1. The van der Waals surface area contributed by atoms with E-state index >= 15 is 0 Å². The van der Waals surface area contributed by atoms with Gasteiger partial charge in [-0.15, -0.1) is 35.3 Å². The molecule has 2 heterocycles. The van der Waals surface area contributed by atoms with Gasteiger partial charge in [-0.25, -0.2) is 4.98 Å². The SMILES string of the molecule is CN=C(NCc1cccc(OC)n1)NCc1ccc(C)s1.I. The predicted octanol–water partition coefficient (Wildman–Crippen LogP) is 2.94. The first-order chi connectivity index (χ1) is 10.2. The van der Waals surface area contributed by atoms with E-state index in [2.05, 4.69) is 39.7 Å². The van der Waals surface area contributed by atoms with Crippen LogP contribution in [0.4, 0.5) is 0 Å². The number of aliphatic imine (C=N–C) groups is 1. The van der Waals surface area contributed by atoms with E-state index in [-0.39, 0.29) is 24.0 Å². The van der Waals surface area contributed by atoms with Crippen LogP contribution in [0.3, 0.4) is 0 Å². The number of pyridine rings is 1. The van der Waals surface area contributed by atoms with Gasteiger partial charge in [0, 0.05) is 22.9 Å². The molecule has 0 bridgehead atoms. The highest BCUT2D eigenvalue weighted by Gasteiger charge is 2.02. The highest BCUT2D eigenvalue weighted by Crippen LogP contribution is 2.14. The average Bonchev–Trinajstić information content (AvgIpc) is 2.93. The molecule has 2 rings (SSSR count). The summed E-state index contributed by atoms with van der Waals surface area (Å²) in [6.45, 7) is 3.47. The first-order valence-electron chi connectivity index (χ1n) is 6.71. The van der Waals surface area contributed by atoms with Crippen LogP contribution in [-0.2, 0) is 13.1 Å². The van der Waals surface area contributed by atoms with E-state index in [1.807, 2.05) is 18.2 Å². The molecule has 120 valence electrons. The molecule has 5 nitrogen and oxygen atoms in total. The van der Waals surface area contributed by atoms with Crippen molar-refractivity contribution in [2.45, 2.75) is 20.0 Å². The van der Waals surface area contributed by atoms with Crippen molar-refractivity contribution in [2.75, 3.05) is 14.2 Å². The minimum Gasteiger partial charge on any atom is -0.481 e. The molecule has 7 heteroatoms. The number of hydrogen-bond acceptors (Lipinski definition) is 4. The first-order valence-corrected chi connectivity index (χ1v) is 7.52. The van der Waals surface area contributed by atoms with Crippen LogP contribution < -0.4 is 15.4 Å². The number of aryl methyl sites for hydroxylation is 1. The van der Waals surface area contributed by atoms with E-state index in [1.54, 1.807) is 25.5 Å². The second-order valence-corrected chi connectivity index (χ2v) is 5.84. The summed E-state index contributed by atoms with van der Waals surface area (Å²) in [4.78, 5) is 11.2. The van der Waals surface area contributed by atoms with Crippen molar-refractivity contribution in [1.82, 2.24) is 15.6 Å². The molecule has 0 aliphatic heterocycles.